The number of nitrogens with two attached hydrogens (primary N) is 1. The molecule has 3 N–H and O–H groups in total. The number of carboxylic acids is 1. The molecule has 1 atom stereocenters. The maximum Gasteiger partial charge on any atom is 0.305 e. The van der Waals surface area contributed by atoms with Gasteiger partial charge >= 0.3 is 5.97 Å². The monoisotopic (exact) mass is 183 g/mol. The van der Waals surface area contributed by atoms with E-state index in [0.29, 0.717) is 5.82 Å². The number of imidazole rings is 1. The van der Waals surface area contributed by atoms with Crippen molar-refractivity contribution in [3.63, 3.8) is 0 Å². The highest BCUT2D eigenvalue weighted by Gasteiger charge is 2.15. The smallest absolute Gasteiger partial charge is 0.305 e. The van der Waals surface area contributed by atoms with Crippen molar-refractivity contribution in [2.75, 3.05) is 0 Å². The van der Waals surface area contributed by atoms with Crippen molar-refractivity contribution in [1.29, 1.82) is 0 Å². The van der Waals surface area contributed by atoms with Crippen LogP contribution in [0.15, 0.2) is 6.20 Å². The largest absolute Gasteiger partial charge is 0.481 e. The van der Waals surface area contributed by atoms with Gasteiger partial charge in [0.2, 0.25) is 0 Å². The minimum atomic E-state index is -0.909. The topological polar surface area (TPSA) is 81.1 Å². The van der Waals surface area contributed by atoms with Gasteiger partial charge in [-0.15, -0.1) is 0 Å². The third-order valence-corrected chi connectivity index (χ3v) is 1.98. The molecular formula is C8H13N3O2. The van der Waals surface area contributed by atoms with Crippen LogP contribution in [-0.2, 0) is 11.8 Å². The number of carboxylic acid groups (broad SMARTS) is 1. The molecule has 5 heteroatoms. The molecule has 0 aliphatic carbocycles. The fraction of sp³-hybridized carbons (Fsp3) is 0.500. The number of carbonyl (C=O) groups is 1. The highest BCUT2D eigenvalue weighted by Crippen LogP contribution is 2.12. The number of hydrogen-bond donors (Lipinski definition) is 2. The second-order valence-corrected chi connectivity index (χ2v) is 3.02. The Morgan fingerprint density at radius 1 is 1.85 bits per heavy atom. The molecule has 0 fully saturated rings. The Morgan fingerprint density at radius 2 is 2.46 bits per heavy atom. The zero-order valence-electron chi connectivity index (χ0n) is 7.69. The molecule has 1 rings (SSSR count). The summed E-state index contributed by atoms with van der Waals surface area (Å²) in [6.45, 7) is 1.89. The van der Waals surface area contributed by atoms with E-state index < -0.39 is 12.0 Å². The summed E-state index contributed by atoms with van der Waals surface area (Å²) in [6.07, 6.45) is 1.58. The maximum absolute atomic E-state index is 10.4. The Bertz CT molecular complexity index is 319. The lowest BCUT2D eigenvalue weighted by Gasteiger charge is -2.09. The van der Waals surface area contributed by atoms with Crippen LogP contribution in [0, 0.1) is 6.92 Å². The van der Waals surface area contributed by atoms with E-state index in [9.17, 15) is 4.79 Å². The number of hydrogen-bond acceptors (Lipinski definition) is 3. The first-order chi connectivity index (χ1) is 6.02. The summed E-state index contributed by atoms with van der Waals surface area (Å²) >= 11 is 0. The zero-order valence-corrected chi connectivity index (χ0v) is 7.69. The lowest BCUT2D eigenvalue weighted by Crippen LogP contribution is -2.19. The zero-order chi connectivity index (χ0) is 10.0. The van der Waals surface area contributed by atoms with Gasteiger partial charge in [0.1, 0.15) is 5.82 Å². The normalized spacial score (nSPS) is 12.8. The van der Waals surface area contributed by atoms with Gasteiger partial charge in [0.25, 0.3) is 0 Å². The van der Waals surface area contributed by atoms with Crippen molar-refractivity contribution in [2.24, 2.45) is 12.8 Å². The summed E-state index contributed by atoms with van der Waals surface area (Å²) in [4.78, 5) is 14.4. The minimum absolute atomic E-state index is 0.0930. The predicted octanol–water partition coefficient (Wildman–Crippen LogP) is 0.203. The lowest BCUT2D eigenvalue weighted by atomic mass is 10.2. The van der Waals surface area contributed by atoms with E-state index in [2.05, 4.69) is 4.98 Å². The summed E-state index contributed by atoms with van der Waals surface area (Å²) in [6, 6.07) is -0.531. The molecule has 0 bridgehead atoms. The Hall–Kier alpha value is -1.36. The molecule has 1 aromatic heterocycles. The molecule has 0 saturated heterocycles. The minimum Gasteiger partial charge on any atom is -0.481 e. The van der Waals surface area contributed by atoms with Crippen LogP contribution in [0.5, 0.6) is 0 Å². The van der Waals surface area contributed by atoms with Gasteiger partial charge in [0, 0.05) is 18.9 Å². The van der Waals surface area contributed by atoms with E-state index in [1.165, 1.54) is 0 Å². The molecule has 1 heterocycles. The van der Waals surface area contributed by atoms with Crippen LogP contribution in [0.25, 0.3) is 0 Å². The SMILES string of the molecule is Cc1cnc([C@H](N)CC(=O)O)n1C. The second-order valence-electron chi connectivity index (χ2n) is 3.02. The standard InChI is InChI=1S/C8H13N3O2/c1-5-4-10-8(11(5)2)6(9)3-7(12)13/h4,6H,3,9H2,1-2H3,(H,12,13)/t6-/m1/s1. The van der Waals surface area contributed by atoms with Crippen LogP contribution in [0.2, 0.25) is 0 Å². The first-order valence-corrected chi connectivity index (χ1v) is 3.98. The third-order valence-electron chi connectivity index (χ3n) is 1.98. The quantitative estimate of drug-likeness (QED) is 0.701. The predicted molar refractivity (Wildman–Crippen MR) is 47.1 cm³/mol. The summed E-state index contributed by atoms with van der Waals surface area (Å²) in [7, 11) is 1.82. The van der Waals surface area contributed by atoms with Gasteiger partial charge in [-0.05, 0) is 6.92 Å². The van der Waals surface area contributed by atoms with E-state index in [1.807, 2.05) is 14.0 Å². The molecule has 0 aromatic carbocycles. The molecule has 72 valence electrons. The molecule has 5 nitrogen and oxygen atoms in total. The van der Waals surface area contributed by atoms with Gasteiger partial charge in [-0.3, -0.25) is 4.79 Å². The highest BCUT2D eigenvalue weighted by molar-refractivity contribution is 5.67. The van der Waals surface area contributed by atoms with Crippen LogP contribution in [-0.4, -0.2) is 20.6 Å². The van der Waals surface area contributed by atoms with Gasteiger partial charge < -0.3 is 15.4 Å². The van der Waals surface area contributed by atoms with Crippen molar-refractivity contribution >= 4 is 5.97 Å². The molecular weight excluding hydrogens is 170 g/mol. The summed E-state index contributed by atoms with van der Waals surface area (Å²) in [5.41, 5.74) is 6.61. The molecule has 0 aliphatic rings. The van der Waals surface area contributed by atoms with Gasteiger partial charge in [-0.1, -0.05) is 0 Å². The van der Waals surface area contributed by atoms with Crippen molar-refractivity contribution in [2.45, 2.75) is 19.4 Å². The number of aryl methyl sites for hydroxylation is 1. The van der Waals surface area contributed by atoms with E-state index in [0.717, 1.165) is 5.69 Å². The number of nitrogens with zero attached hydrogens (tertiary/aromatic N) is 2. The Labute approximate surface area is 76.2 Å². The fourth-order valence-corrected chi connectivity index (χ4v) is 1.14. The Morgan fingerprint density at radius 3 is 2.85 bits per heavy atom. The average molecular weight is 183 g/mol. The third kappa shape index (κ3) is 2.06. The Balaban J connectivity index is 2.82. The number of aliphatic carboxylic acids is 1. The molecule has 0 aliphatic heterocycles. The maximum atomic E-state index is 10.4. The lowest BCUT2D eigenvalue weighted by molar-refractivity contribution is -0.137. The number of aromatic nitrogens is 2. The van der Waals surface area contributed by atoms with E-state index in [-0.39, 0.29) is 6.42 Å². The molecule has 13 heavy (non-hydrogen) atoms. The molecule has 0 spiro atoms. The van der Waals surface area contributed by atoms with Crippen LogP contribution in [0.4, 0.5) is 0 Å². The Kier molecular flexibility index (Phi) is 2.67. The van der Waals surface area contributed by atoms with Crippen molar-refractivity contribution in [3.05, 3.63) is 17.7 Å². The van der Waals surface area contributed by atoms with E-state index in [4.69, 9.17) is 10.8 Å². The molecule has 0 saturated carbocycles. The molecule has 0 radical (unpaired) electrons. The first kappa shape index (κ1) is 9.73. The molecule has 0 amide bonds. The van der Waals surface area contributed by atoms with E-state index in [1.54, 1.807) is 10.8 Å². The van der Waals surface area contributed by atoms with Crippen molar-refractivity contribution in [3.8, 4) is 0 Å². The van der Waals surface area contributed by atoms with Gasteiger partial charge in [0.05, 0.1) is 12.5 Å². The van der Waals surface area contributed by atoms with Crippen molar-refractivity contribution < 1.29 is 9.90 Å². The van der Waals surface area contributed by atoms with Crippen molar-refractivity contribution in [1.82, 2.24) is 9.55 Å². The summed E-state index contributed by atoms with van der Waals surface area (Å²) in [5.74, 6) is -0.298. The van der Waals surface area contributed by atoms with E-state index >= 15 is 0 Å². The summed E-state index contributed by atoms with van der Waals surface area (Å²) < 4.78 is 1.80. The average Bonchev–Trinajstić information content (AvgIpc) is 2.31. The molecule has 1 aromatic rings. The van der Waals surface area contributed by atoms with Gasteiger partial charge in [-0.2, -0.15) is 0 Å². The highest BCUT2D eigenvalue weighted by atomic mass is 16.4. The molecule has 0 unspecified atom stereocenters. The van der Waals surface area contributed by atoms with Gasteiger partial charge in [-0.25, -0.2) is 4.98 Å². The van der Waals surface area contributed by atoms with Crippen LogP contribution < -0.4 is 5.73 Å². The van der Waals surface area contributed by atoms with Gasteiger partial charge in [0.15, 0.2) is 0 Å². The van der Waals surface area contributed by atoms with Crippen LogP contribution >= 0.6 is 0 Å². The fourth-order valence-electron chi connectivity index (χ4n) is 1.14. The second kappa shape index (κ2) is 3.57. The first-order valence-electron chi connectivity index (χ1n) is 3.98. The summed E-state index contributed by atoms with van der Waals surface area (Å²) in [5, 5.41) is 8.53. The number of rotatable bonds is 3. The van der Waals surface area contributed by atoms with Crippen LogP contribution in [0.3, 0.4) is 0 Å². The van der Waals surface area contributed by atoms with Crippen LogP contribution in [0.1, 0.15) is 24.0 Å².